The molecule has 0 saturated heterocycles. The molecule has 0 fully saturated rings. The molecule has 2 aliphatic heterocycles. The molecule has 0 spiro atoms. The van der Waals surface area contributed by atoms with Gasteiger partial charge in [0, 0.05) is 12.1 Å². The maximum absolute atomic E-state index is 12.9. The molecule has 4 rings (SSSR count). The number of para-hydroxylation sites is 1. The molecular weight excluding hydrogens is 398 g/mol. The quantitative estimate of drug-likeness (QED) is 0.669. The van der Waals surface area contributed by atoms with E-state index in [4.69, 9.17) is 9.47 Å². The first-order valence-electron chi connectivity index (χ1n) is 10.1. The minimum absolute atomic E-state index is 0.0547. The van der Waals surface area contributed by atoms with Crippen molar-refractivity contribution in [2.45, 2.75) is 19.5 Å². The van der Waals surface area contributed by atoms with Gasteiger partial charge in [0.25, 0.3) is 0 Å². The summed E-state index contributed by atoms with van der Waals surface area (Å²) in [4.78, 5) is 39.2. The van der Waals surface area contributed by atoms with E-state index in [2.05, 4.69) is 10.6 Å². The zero-order chi connectivity index (χ0) is 21.8. The molecule has 0 aliphatic carbocycles. The third-order valence-corrected chi connectivity index (χ3v) is 5.16. The Labute approximate surface area is 179 Å². The molecule has 0 aromatic heterocycles. The number of nitrogens with zero attached hydrogens (tertiary/aromatic N) is 1. The Morgan fingerprint density at radius 2 is 1.90 bits per heavy atom. The smallest absolute Gasteiger partial charge is 0.338 e. The van der Waals surface area contributed by atoms with E-state index in [0.717, 1.165) is 5.56 Å². The SMILES string of the molecule is CCOc1ccccc1C1NC(=O)N(CC(=O)NCc2ccccc2)C2=C1C(=O)OC2. The number of ether oxygens (including phenoxy) is 2. The van der Waals surface area contributed by atoms with Gasteiger partial charge in [-0.25, -0.2) is 9.59 Å². The van der Waals surface area contributed by atoms with Gasteiger partial charge in [0.2, 0.25) is 5.91 Å². The third-order valence-electron chi connectivity index (χ3n) is 5.16. The number of esters is 1. The highest BCUT2D eigenvalue weighted by Gasteiger charge is 2.43. The molecule has 2 aliphatic rings. The summed E-state index contributed by atoms with van der Waals surface area (Å²) in [5.74, 6) is -0.268. The zero-order valence-electron chi connectivity index (χ0n) is 17.1. The second-order valence-electron chi connectivity index (χ2n) is 7.14. The van der Waals surface area contributed by atoms with Gasteiger partial charge < -0.3 is 20.1 Å². The monoisotopic (exact) mass is 421 g/mol. The minimum atomic E-state index is -0.705. The highest BCUT2D eigenvalue weighted by Crippen LogP contribution is 2.38. The van der Waals surface area contributed by atoms with Gasteiger partial charge in [-0.3, -0.25) is 9.69 Å². The lowest BCUT2D eigenvalue weighted by Gasteiger charge is -2.33. The van der Waals surface area contributed by atoms with Crippen LogP contribution in [0.3, 0.4) is 0 Å². The Morgan fingerprint density at radius 3 is 2.68 bits per heavy atom. The molecule has 1 atom stereocenters. The summed E-state index contributed by atoms with van der Waals surface area (Å²) in [6, 6.07) is 15.5. The van der Waals surface area contributed by atoms with Crippen LogP contribution in [0.15, 0.2) is 65.9 Å². The first kappa shape index (κ1) is 20.5. The van der Waals surface area contributed by atoms with Crippen LogP contribution >= 0.6 is 0 Å². The van der Waals surface area contributed by atoms with Gasteiger partial charge >= 0.3 is 12.0 Å². The van der Waals surface area contributed by atoms with Crippen molar-refractivity contribution in [3.63, 3.8) is 0 Å². The van der Waals surface area contributed by atoms with Crippen molar-refractivity contribution in [3.8, 4) is 5.75 Å². The van der Waals surface area contributed by atoms with Crippen LogP contribution in [0.5, 0.6) is 5.75 Å². The van der Waals surface area contributed by atoms with E-state index in [-0.39, 0.29) is 19.1 Å². The van der Waals surface area contributed by atoms with Crippen LogP contribution < -0.4 is 15.4 Å². The van der Waals surface area contributed by atoms with Crippen LogP contribution in [0, 0.1) is 0 Å². The van der Waals surface area contributed by atoms with Gasteiger partial charge in [-0.15, -0.1) is 0 Å². The molecular formula is C23H23N3O5. The highest BCUT2D eigenvalue weighted by atomic mass is 16.5. The lowest BCUT2D eigenvalue weighted by molar-refractivity contribution is -0.136. The number of amides is 3. The van der Waals surface area contributed by atoms with Gasteiger partial charge in [-0.05, 0) is 18.6 Å². The number of hydrogen-bond donors (Lipinski definition) is 2. The van der Waals surface area contributed by atoms with Crippen LogP contribution in [0.1, 0.15) is 24.1 Å². The van der Waals surface area contributed by atoms with Gasteiger partial charge in [-0.2, -0.15) is 0 Å². The van der Waals surface area contributed by atoms with Crippen molar-refractivity contribution >= 4 is 17.9 Å². The number of carbonyl (C=O) groups is 3. The number of cyclic esters (lactones) is 1. The Balaban J connectivity index is 1.56. The molecule has 2 N–H and O–H groups in total. The predicted octanol–water partition coefficient (Wildman–Crippen LogP) is 2.28. The molecule has 3 amide bonds. The van der Waals surface area contributed by atoms with Crippen LogP contribution in [0.4, 0.5) is 4.79 Å². The zero-order valence-corrected chi connectivity index (χ0v) is 17.1. The van der Waals surface area contributed by atoms with Gasteiger partial charge in [0.1, 0.15) is 18.9 Å². The van der Waals surface area contributed by atoms with Crippen LogP contribution in [-0.4, -0.2) is 42.6 Å². The Morgan fingerprint density at radius 1 is 1.16 bits per heavy atom. The van der Waals surface area contributed by atoms with Crippen molar-refractivity contribution in [1.29, 1.82) is 0 Å². The van der Waals surface area contributed by atoms with E-state index in [9.17, 15) is 14.4 Å². The number of rotatable bonds is 7. The molecule has 8 nitrogen and oxygen atoms in total. The summed E-state index contributed by atoms with van der Waals surface area (Å²) >= 11 is 0. The molecule has 0 radical (unpaired) electrons. The molecule has 2 aromatic rings. The largest absolute Gasteiger partial charge is 0.494 e. The number of nitrogens with one attached hydrogen (secondary N) is 2. The van der Waals surface area contributed by atoms with Gasteiger partial charge in [-0.1, -0.05) is 48.5 Å². The topological polar surface area (TPSA) is 97.0 Å². The molecule has 2 heterocycles. The van der Waals surface area contributed by atoms with E-state index in [1.54, 1.807) is 12.1 Å². The maximum atomic E-state index is 12.9. The summed E-state index contributed by atoms with van der Waals surface area (Å²) in [5, 5.41) is 5.63. The van der Waals surface area contributed by atoms with Crippen molar-refractivity contribution in [2.75, 3.05) is 19.8 Å². The summed E-state index contributed by atoms with van der Waals surface area (Å²) < 4.78 is 10.9. The molecule has 2 aromatic carbocycles. The Kier molecular flexibility index (Phi) is 5.88. The average Bonchev–Trinajstić information content (AvgIpc) is 3.17. The predicted molar refractivity (Wildman–Crippen MR) is 112 cm³/mol. The van der Waals surface area contributed by atoms with E-state index < -0.39 is 18.0 Å². The van der Waals surface area contributed by atoms with E-state index in [1.165, 1.54) is 4.90 Å². The molecule has 1 unspecified atom stereocenters. The maximum Gasteiger partial charge on any atom is 0.338 e. The summed E-state index contributed by atoms with van der Waals surface area (Å²) in [7, 11) is 0. The fourth-order valence-electron chi connectivity index (χ4n) is 3.71. The Hall–Kier alpha value is -3.81. The van der Waals surface area contributed by atoms with E-state index >= 15 is 0 Å². The number of hydrogen-bond acceptors (Lipinski definition) is 5. The molecule has 8 heteroatoms. The number of urea groups is 1. The van der Waals surface area contributed by atoms with E-state index in [1.807, 2.05) is 49.4 Å². The second-order valence-corrected chi connectivity index (χ2v) is 7.14. The average molecular weight is 421 g/mol. The van der Waals surface area contributed by atoms with Crippen molar-refractivity contribution in [3.05, 3.63) is 77.0 Å². The van der Waals surface area contributed by atoms with Gasteiger partial charge in [0.05, 0.1) is 23.9 Å². The fourth-order valence-corrected chi connectivity index (χ4v) is 3.71. The summed E-state index contributed by atoms with van der Waals surface area (Å²) in [5.41, 5.74) is 2.34. The van der Waals surface area contributed by atoms with Crippen molar-refractivity contribution in [1.82, 2.24) is 15.5 Å². The fraction of sp³-hybridized carbons (Fsp3) is 0.261. The summed E-state index contributed by atoms with van der Waals surface area (Å²) in [6.45, 7) is 2.39. The lowest BCUT2D eigenvalue weighted by Crippen LogP contribution is -2.50. The van der Waals surface area contributed by atoms with Crippen molar-refractivity contribution in [2.24, 2.45) is 0 Å². The molecule has 0 bridgehead atoms. The minimum Gasteiger partial charge on any atom is -0.494 e. The second kappa shape index (κ2) is 8.91. The number of carbonyl (C=O) groups excluding carboxylic acids is 3. The van der Waals surface area contributed by atoms with Crippen molar-refractivity contribution < 1.29 is 23.9 Å². The Bertz CT molecular complexity index is 1030. The van der Waals surface area contributed by atoms with E-state index in [0.29, 0.717) is 35.7 Å². The van der Waals surface area contributed by atoms with Gasteiger partial charge in [0.15, 0.2) is 0 Å². The number of benzene rings is 2. The van der Waals surface area contributed by atoms with Crippen LogP contribution in [0.2, 0.25) is 0 Å². The summed E-state index contributed by atoms with van der Waals surface area (Å²) in [6.07, 6.45) is 0. The first-order chi connectivity index (χ1) is 15.1. The first-order valence-corrected chi connectivity index (χ1v) is 10.1. The highest BCUT2D eigenvalue weighted by molar-refractivity contribution is 5.98. The van der Waals surface area contributed by atoms with Crippen LogP contribution in [-0.2, 0) is 20.9 Å². The third kappa shape index (κ3) is 4.23. The molecule has 31 heavy (non-hydrogen) atoms. The normalized spacial score (nSPS) is 17.7. The standard InChI is InChI=1S/C23H23N3O5/c1-2-30-18-11-7-6-10-16(18)21-20-17(14-31-22(20)28)26(23(29)25-21)13-19(27)24-12-15-8-4-3-5-9-15/h3-11,21H,2,12-14H2,1H3,(H,24,27)(H,25,29). The van der Waals surface area contributed by atoms with Crippen LogP contribution in [0.25, 0.3) is 0 Å². The molecule has 0 saturated carbocycles. The lowest BCUT2D eigenvalue weighted by atomic mass is 9.95. The molecule has 160 valence electrons.